The molecule has 0 aromatic heterocycles. The van der Waals surface area contributed by atoms with Gasteiger partial charge in [0.25, 0.3) is 0 Å². The van der Waals surface area contributed by atoms with Crippen LogP contribution in [0.15, 0.2) is 24.3 Å². The first-order chi connectivity index (χ1) is 10.2. The molecule has 1 atom stereocenters. The van der Waals surface area contributed by atoms with Crippen LogP contribution in [0.1, 0.15) is 57.6 Å². The van der Waals surface area contributed by atoms with Gasteiger partial charge in [0, 0.05) is 24.6 Å². The van der Waals surface area contributed by atoms with E-state index in [9.17, 15) is 9.90 Å². The number of carbonyl (C=O) groups is 1. The van der Waals surface area contributed by atoms with Gasteiger partial charge in [0.2, 0.25) is 5.91 Å². The number of amides is 1. The molecule has 1 rings (SSSR count). The molecular formula is C17H29ClN2O2. The largest absolute Gasteiger partial charge is 0.508 e. The van der Waals surface area contributed by atoms with Crippen molar-refractivity contribution in [3.63, 3.8) is 0 Å². The van der Waals surface area contributed by atoms with E-state index in [1.807, 2.05) is 12.1 Å². The Bertz CT molecular complexity index is 427. The molecule has 1 aromatic rings. The highest BCUT2D eigenvalue weighted by molar-refractivity contribution is 5.85. The topological polar surface area (TPSA) is 61.4 Å². The highest BCUT2D eigenvalue weighted by Crippen LogP contribution is 2.26. The maximum atomic E-state index is 12.0. The van der Waals surface area contributed by atoms with Crippen molar-refractivity contribution in [3.05, 3.63) is 29.8 Å². The number of unbranched alkanes of at least 4 members (excludes halogenated alkanes) is 2. The molecule has 22 heavy (non-hydrogen) atoms. The van der Waals surface area contributed by atoms with Gasteiger partial charge < -0.3 is 15.7 Å². The third-order valence-electron chi connectivity index (χ3n) is 3.48. The maximum absolute atomic E-state index is 12.0. The predicted octanol–water partition coefficient (Wildman–Crippen LogP) is 3.55. The molecule has 0 saturated carbocycles. The number of carbonyl (C=O) groups excluding carboxylic acids is 1. The van der Waals surface area contributed by atoms with Crippen molar-refractivity contribution in [3.8, 4) is 5.75 Å². The summed E-state index contributed by atoms with van der Waals surface area (Å²) in [5, 5.41) is 16.3. The van der Waals surface area contributed by atoms with E-state index in [-0.39, 0.29) is 30.1 Å². The molecule has 0 aliphatic heterocycles. The van der Waals surface area contributed by atoms with E-state index in [1.165, 1.54) is 0 Å². The molecule has 0 aliphatic carbocycles. The first kappa shape index (κ1) is 20.7. The zero-order valence-corrected chi connectivity index (χ0v) is 14.4. The summed E-state index contributed by atoms with van der Waals surface area (Å²) in [4.78, 5) is 12.0. The Morgan fingerprint density at radius 3 is 2.41 bits per heavy atom. The van der Waals surface area contributed by atoms with Gasteiger partial charge in [0.15, 0.2) is 0 Å². The average molecular weight is 329 g/mol. The number of phenolic OH excluding ortho intramolecular Hbond substituents is 1. The molecule has 1 amide bonds. The van der Waals surface area contributed by atoms with Gasteiger partial charge >= 0.3 is 0 Å². The van der Waals surface area contributed by atoms with Gasteiger partial charge in [0.1, 0.15) is 5.75 Å². The average Bonchev–Trinajstić information content (AvgIpc) is 2.47. The Labute approximate surface area is 140 Å². The lowest BCUT2D eigenvalue weighted by atomic mass is 10.0. The normalized spacial score (nSPS) is 11.5. The summed E-state index contributed by atoms with van der Waals surface area (Å²) in [5.41, 5.74) is 0.791. The van der Waals surface area contributed by atoms with Gasteiger partial charge in [-0.3, -0.25) is 4.79 Å². The SMILES string of the molecule is CCCCNC(=O)CC(NCCCC)c1ccccc1O.Cl. The number of halogens is 1. The lowest BCUT2D eigenvalue weighted by Crippen LogP contribution is -2.31. The Balaban J connectivity index is 0.00000441. The van der Waals surface area contributed by atoms with Crippen LogP contribution >= 0.6 is 12.4 Å². The number of hydrogen-bond acceptors (Lipinski definition) is 3. The smallest absolute Gasteiger partial charge is 0.221 e. The quantitative estimate of drug-likeness (QED) is 0.576. The van der Waals surface area contributed by atoms with E-state index in [4.69, 9.17) is 0 Å². The van der Waals surface area contributed by atoms with E-state index >= 15 is 0 Å². The first-order valence-electron chi connectivity index (χ1n) is 7.97. The lowest BCUT2D eigenvalue weighted by Gasteiger charge is -2.20. The fourth-order valence-electron chi connectivity index (χ4n) is 2.19. The first-order valence-corrected chi connectivity index (χ1v) is 7.97. The summed E-state index contributed by atoms with van der Waals surface area (Å²) in [5.74, 6) is 0.272. The van der Waals surface area contributed by atoms with Crippen molar-refractivity contribution >= 4 is 18.3 Å². The van der Waals surface area contributed by atoms with E-state index in [0.29, 0.717) is 6.42 Å². The van der Waals surface area contributed by atoms with Crippen molar-refractivity contribution in [1.29, 1.82) is 0 Å². The van der Waals surface area contributed by atoms with Crippen LogP contribution in [0.3, 0.4) is 0 Å². The summed E-state index contributed by atoms with van der Waals surface area (Å²) < 4.78 is 0. The van der Waals surface area contributed by atoms with Crippen LogP contribution in [-0.4, -0.2) is 24.1 Å². The number of aromatic hydroxyl groups is 1. The van der Waals surface area contributed by atoms with Crippen LogP contribution in [0.4, 0.5) is 0 Å². The number of hydrogen-bond donors (Lipinski definition) is 3. The van der Waals surface area contributed by atoms with E-state index < -0.39 is 0 Å². The van der Waals surface area contributed by atoms with Crippen LogP contribution in [0.25, 0.3) is 0 Å². The zero-order chi connectivity index (χ0) is 15.5. The van der Waals surface area contributed by atoms with Crippen LogP contribution in [0, 0.1) is 0 Å². The minimum atomic E-state index is -0.139. The van der Waals surface area contributed by atoms with Crippen LogP contribution in [0.2, 0.25) is 0 Å². The van der Waals surface area contributed by atoms with Crippen molar-refractivity contribution in [2.24, 2.45) is 0 Å². The van der Waals surface area contributed by atoms with Gasteiger partial charge in [-0.05, 0) is 25.5 Å². The Kier molecular flexibility index (Phi) is 11.6. The fraction of sp³-hybridized carbons (Fsp3) is 0.588. The summed E-state index contributed by atoms with van der Waals surface area (Å²) in [7, 11) is 0. The summed E-state index contributed by atoms with van der Waals surface area (Å²) >= 11 is 0. The number of rotatable bonds is 10. The van der Waals surface area contributed by atoms with Crippen molar-refractivity contribution in [1.82, 2.24) is 10.6 Å². The highest BCUT2D eigenvalue weighted by atomic mass is 35.5. The second kappa shape index (κ2) is 12.3. The summed E-state index contributed by atoms with van der Waals surface area (Å²) in [6.07, 6.45) is 4.57. The van der Waals surface area contributed by atoms with Gasteiger partial charge in [-0.1, -0.05) is 44.9 Å². The van der Waals surface area contributed by atoms with Gasteiger partial charge in [-0.15, -0.1) is 12.4 Å². The molecule has 0 spiro atoms. The molecule has 1 unspecified atom stereocenters. The third-order valence-corrected chi connectivity index (χ3v) is 3.48. The monoisotopic (exact) mass is 328 g/mol. The van der Waals surface area contributed by atoms with Crippen LogP contribution in [-0.2, 0) is 4.79 Å². The number of benzene rings is 1. The molecular weight excluding hydrogens is 300 g/mol. The number of phenols is 1. The van der Waals surface area contributed by atoms with Crippen LogP contribution < -0.4 is 10.6 Å². The second-order valence-corrected chi connectivity index (χ2v) is 5.33. The summed E-state index contributed by atoms with van der Waals surface area (Å²) in [6, 6.07) is 7.08. The Morgan fingerprint density at radius 1 is 1.14 bits per heavy atom. The van der Waals surface area contributed by atoms with Crippen molar-refractivity contribution < 1.29 is 9.90 Å². The molecule has 0 heterocycles. The molecule has 5 heteroatoms. The minimum absolute atomic E-state index is 0. The van der Waals surface area contributed by atoms with E-state index in [0.717, 1.165) is 44.3 Å². The maximum Gasteiger partial charge on any atom is 0.221 e. The lowest BCUT2D eigenvalue weighted by molar-refractivity contribution is -0.121. The van der Waals surface area contributed by atoms with Crippen molar-refractivity contribution in [2.45, 2.75) is 52.0 Å². The molecule has 3 N–H and O–H groups in total. The van der Waals surface area contributed by atoms with Gasteiger partial charge in [-0.25, -0.2) is 0 Å². The van der Waals surface area contributed by atoms with Crippen molar-refractivity contribution in [2.75, 3.05) is 13.1 Å². The van der Waals surface area contributed by atoms with Crippen LogP contribution in [0.5, 0.6) is 5.75 Å². The number of nitrogens with one attached hydrogen (secondary N) is 2. The molecule has 0 saturated heterocycles. The zero-order valence-electron chi connectivity index (χ0n) is 13.6. The predicted molar refractivity (Wildman–Crippen MR) is 93.5 cm³/mol. The Hall–Kier alpha value is -1.26. The third kappa shape index (κ3) is 7.66. The molecule has 0 bridgehead atoms. The molecule has 0 fully saturated rings. The molecule has 0 radical (unpaired) electrons. The molecule has 126 valence electrons. The molecule has 0 aliphatic rings. The second-order valence-electron chi connectivity index (χ2n) is 5.33. The standard InChI is InChI=1S/C17H28N2O2.ClH/c1-3-5-11-18-15(13-17(21)19-12-6-4-2)14-9-7-8-10-16(14)20;/h7-10,15,18,20H,3-6,11-13H2,1-2H3,(H,19,21);1H. The highest BCUT2D eigenvalue weighted by Gasteiger charge is 2.17. The minimum Gasteiger partial charge on any atom is -0.508 e. The van der Waals surface area contributed by atoms with E-state index in [2.05, 4.69) is 24.5 Å². The van der Waals surface area contributed by atoms with Gasteiger partial charge in [-0.2, -0.15) is 0 Å². The van der Waals surface area contributed by atoms with Gasteiger partial charge in [0.05, 0.1) is 0 Å². The fourth-order valence-corrected chi connectivity index (χ4v) is 2.19. The summed E-state index contributed by atoms with van der Waals surface area (Å²) in [6.45, 7) is 5.80. The Morgan fingerprint density at radius 2 is 1.77 bits per heavy atom. The molecule has 1 aromatic carbocycles. The molecule has 4 nitrogen and oxygen atoms in total. The van der Waals surface area contributed by atoms with E-state index in [1.54, 1.807) is 12.1 Å². The number of para-hydroxylation sites is 1.